The average molecular weight is 283 g/mol. The minimum absolute atomic E-state index is 0.0351. The zero-order valence-corrected chi connectivity index (χ0v) is 10.7. The molecule has 1 atom stereocenters. The van der Waals surface area contributed by atoms with E-state index in [1.54, 1.807) is 0 Å². The van der Waals surface area contributed by atoms with Crippen molar-refractivity contribution < 1.29 is 9.53 Å². The van der Waals surface area contributed by atoms with Gasteiger partial charge in [0.25, 0.3) is 0 Å². The molecule has 3 heteroatoms. The van der Waals surface area contributed by atoms with Crippen molar-refractivity contribution in [2.45, 2.75) is 25.7 Å². The first-order valence-electron chi connectivity index (χ1n) is 5.64. The molecular formula is C13H15BrO2. The summed E-state index contributed by atoms with van der Waals surface area (Å²) in [6.07, 6.45) is 3.74. The standard InChI is InChI=1S/C13H15BrO2/c14-12-5-3-10(4-6-12)1-2-11-7-8-16-13(15)9-11/h3-6,11H,1-2,7-9H2/t11-/m1/s1. The Bertz CT molecular complexity index is 359. The molecule has 1 fully saturated rings. The van der Waals surface area contributed by atoms with Gasteiger partial charge in [0.1, 0.15) is 0 Å². The summed E-state index contributed by atoms with van der Waals surface area (Å²) in [7, 11) is 0. The molecule has 1 aromatic rings. The van der Waals surface area contributed by atoms with Gasteiger partial charge in [0.2, 0.25) is 0 Å². The molecule has 1 aliphatic rings. The number of carbonyl (C=O) groups excluding carboxylic acids is 1. The maximum Gasteiger partial charge on any atom is 0.306 e. The summed E-state index contributed by atoms with van der Waals surface area (Å²) in [4.78, 5) is 11.1. The highest BCUT2D eigenvalue weighted by Crippen LogP contribution is 2.22. The van der Waals surface area contributed by atoms with E-state index in [1.165, 1.54) is 5.56 Å². The fourth-order valence-electron chi connectivity index (χ4n) is 2.00. The molecule has 0 aliphatic carbocycles. The molecule has 0 aromatic heterocycles. The summed E-state index contributed by atoms with van der Waals surface area (Å²) in [6.45, 7) is 0.601. The van der Waals surface area contributed by atoms with E-state index in [2.05, 4.69) is 40.2 Å². The highest BCUT2D eigenvalue weighted by atomic mass is 79.9. The van der Waals surface area contributed by atoms with Crippen molar-refractivity contribution in [3.63, 3.8) is 0 Å². The van der Waals surface area contributed by atoms with Gasteiger partial charge in [0, 0.05) is 10.9 Å². The van der Waals surface area contributed by atoms with Crippen LogP contribution in [0.4, 0.5) is 0 Å². The van der Waals surface area contributed by atoms with Crippen LogP contribution in [0, 0.1) is 5.92 Å². The Morgan fingerprint density at radius 1 is 1.31 bits per heavy atom. The first kappa shape index (κ1) is 11.6. The number of halogens is 1. The van der Waals surface area contributed by atoms with Crippen LogP contribution in [-0.4, -0.2) is 12.6 Å². The summed E-state index contributed by atoms with van der Waals surface area (Å²) in [5.74, 6) is 0.469. The molecule has 1 aliphatic heterocycles. The smallest absolute Gasteiger partial charge is 0.306 e. The van der Waals surface area contributed by atoms with E-state index in [0.29, 0.717) is 18.9 Å². The number of hydrogen-bond donors (Lipinski definition) is 0. The first-order chi connectivity index (χ1) is 7.74. The van der Waals surface area contributed by atoms with E-state index >= 15 is 0 Å². The largest absolute Gasteiger partial charge is 0.466 e. The Morgan fingerprint density at radius 3 is 2.75 bits per heavy atom. The van der Waals surface area contributed by atoms with Gasteiger partial charge >= 0.3 is 5.97 Å². The summed E-state index contributed by atoms with van der Waals surface area (Å²) in [5.41, 5.74) is 1.34. The van der Waals surface area contributed by atoms with Gasteiger partial charge in [-0.2, -0.15) is 0 Å². The molecule has 86 valence electrons. The van der Waals surface area contributed by atoms with Crippen molar-refractivity contribution in [1.29, 1.82) is 0 Å². The van der Waals surface area contributed by atoms with Crippen LogP contribution >= 0.6 is 15.9 Å². The van der Waals surface area contributed by atoms with E-state index in [0.717, 1.165) is 23.7 Å². The summed E-state index contributed by atoms with van der Waals surface area (Å²) in [5, 5.41) is 0. The molecule has 0 radical (unpaired) electrons. The van der Waals surface area contributed by atoms with Gasteiger partial charge in [0.15, 0.2) is 0 Å². The van der Waals surface area contributed by atoms with Crippen LogP contribution < -0.4 is 0 Å². The number of aryl methyl sites for hydroxylation is 1. The SMILES string of the molecule is O=C1C[C@H](CCc2ccc(Br)cc2)CCO1. The second kappa shape index (κ2) is 5.48. The van der Waals surface area contributed by atoms with E-state index < -0.39 is 0 Å². The maximum atomic E-state index is 11.1. The van der Waals surface area contributed by atoms with Crippen molar-refractivity contribution >= 4 is 21.9 Å². The second-order valence-corrected chi connectivity index (χ2v) is 5.16. The van der Waals surface area contributed by atoms with Crippen molar-refractivity contribution in [1.82, 2.24) is 0 Å². The predicted molar refractivity (Wildman–Crippen MR) is 66.1 cm³/mol. The van der Waals surface area contributed by atoms with Gasteiger partial charge in [-0.3, -0.25) is 4.79 Å². The lowest BCUT2D eigenvalue weighted by atomic mass is 9.92. The van der Waals surface area contributed by atoms with Crippen molar-refractivity contribution in [3.05, 3.63) is 34.3 Å². The van der Waals surface area contributed by atoms with Crippen LogP contribution in [-0.2, 0) is 16.0 Å². The third-order valence-corrected chi connectivity index (χ3v) is 3.53. The molecular weight excluding hydrogens is 268 g/mol. The van der Waals surface area contributed by atoms with Crippen LogP contribution in [0.1, 0.15) is 24.8 Å². The molecule has 0 amide bonds. The summed E-state index contributed by atoms with van der Waals surface area (Å²) < 4.78 is 6.04. The topological polar surface area (TPSA) is 26.3 Å². The highest BCUT2D eigenvalue weighted by Gasteiger charge is 2.20. The number of ether oxygens (including phenoxy) is 1. The Hall–Kier alpha value is -0.830. The maximum absolute atomic E-state index is 11.1. The molecule has 1 heterocycles. The minimum atomic E-state index is -0.0351. The van der Waals surface area contributed by atoms with Gasteiger partial charge in [-0.1, -0.05) is 28.1 Å². The molecule has 1 saturated heterocycles. The van der Waals surface area contributed by atoms with Crippen molar-refractivity contribution in [2.75, 3.05) is 6.61 Å². The lowest BCUT2D eigenvalue weighted by Crippen LogP contribution is -2.21. The third-order valence-electron chi connectivity index (χ3n) is 3.00. The van der Waals surface area contributed by atoms with E-state index in [9.17, 15) is 4.79 Å². The lowest BCUT2D eigenvalue weighted by Gasteiger charge is -2.20. The molecule has 2 nitrogen and oxygen atoms in total. The molecule has 0 spiro atoms. The number of benzene rings is 1. The Kier molecular flexibility index (Phi) is 3.99. The van der Waals surface area contributed by atoms with Crippen LogP contribution in [0.3, 0.4) is 0 Å². The average Bonchev–Trinajstić information content (AvgIpc) is 2.28. The van der Waals surface area contributed by atoms with Gasteiger partial charge in [0.05, 0.1) is 6.61 Å². The Labute approximate surface area is 104 Å². The molecule has 16 heavy (non-hydrogen) atoms. The van der Waals surface area contributed by atoms with Gasteiger partial charge < -0.3 is 4.74 Å². The van der Waals surface area contributed by atoms with Crippen molar-refractivity contribution in [3.8, 4) is 0 Å². The van der Waals surface area contributed by atoms with E-state index in [-0.39, 0.29) is 5.97 Å². The molecule has 0 saturated carbocycles. The number of hydrogen-bond acceptors (Lipinski definition) is 2. The van der Waals surface area contributed by atoms with E-state index in [1.807, 2.05) is 0 Å². The lowest BCUT2D eigenvalue weighted by molar-refractivity contribution is -0.149. The zero-order valence-electron chi connectivity index (χ0n) is 9.12. The number of rotatable bonds is 3. The zero-order chi connectivity index (χ0) is 11.4. The minimum Gasteiger partial charge on any atom is -0.466 e. The van der Waals surface area contributed by atoms with E-state index in [4.69, 9.17) is 4.74 Å². The molecule has 1 aromatic carbocycles. The Morgan fingerprint density at radius 2 is 2.06 bits per heavy atom. The number of esters is 1. The molecule has 0 bridgehead atoms. The monoisotopic (exact) mass is 282 g/mol. The normalized spacial score (nSPS) is 20.6. The van der Waals surface area contributed by atoms with Gasteiger partial charge in [-0.25, -0.2) is 0 Å². The fourth-order valence-corrected chi connectivity index (χ4v) is 2.27. The number of carbonyl (C=O) groups is 1. The highest BCUT2D eigenvalue weighted by molar-refractivity contribution is 9.10. The van der Waals surface area contributed by atoms with Crippen LogP contribution in [0.15, 0.2) is 28.7 Å². The molecule has 0 N–H and O–H groups in total. The first-order valence-corrected chi connectivity index (χ1v) is 6.43. The van der Waals surface area contributed by atoms with Crippen LogP contribution in [0.2, 0.25) is 0 Å². The predicted octanol–water partition coefficient (Wildman–Crippen LogP) is 3.33. The second-order valence-electron chi connectivity index (χ2n) is 4.24. The third kappa shape index (κ3) is 3.34. The van der Waals surface area contributed by atoms with Gasteiger partial charge in [-0.15, -0.1) is 0 Å². The summed E-state index contributed by atoms with van der Waals surface area (Å²) in [6, 6.07) is 8.38. The van der Waals surface area contributed by atoms with Crippen LogP contribution in [0.5, 0.6) is 0 Å². The molecule has 0 unspecified atom stereocenters. The van der Waals surface area contributed by atoms with Crippen LogP contribution in [0.25, 0.3) is 0 Å². The Balaban J connectivity index is 1.82. The number of cyclic esters (lactones) is 1. The summed E-state index contributed by atoms with van der Waals surface area (Å²) >= 11 is 3.42. The quantitative estimate of drug-likeness (QED) is 0.795. The van der Waals surface area contributed by atoms with Gasteiger partial charge in [-0.05, 0) is 42.9 Å². The fraction of sp³-hybridized carbons (Fsp3) is 0.462. The van der Waals surface area contributed by atoms with Crippen molar-refractivity contribution in [2.24, 2.45) is 5.92 Å². The molecule has 2 rings (SSSR count).